The number of fused-ring (bicyclic) bond motifs is 1. The number of hydrogen-bond acceptors (Lipinski definition) is 3. The van der Waals surface area contributed by atoms with Gasteiger partial charge in [0.2, 0.25) is 0 Å². The molecule has 1 aromatic heterocycles. The summed E-state index contributed by atoms with van der Waals surface area (Å²) in [6.45, 7) is 0. The number of benzene rings is 2. The summed E-state index contributed by atoms with van der Waals surface area (Å²) < 4.78 is 5.71. The standard InChI is InChI=1S/C16H9ClO3/c17-16(19)11-7-5-10(6-8-11)15-9-13(18)12-3-1-2-4-14(12)20-15/h1-9H. The Hall–Kier alpha value is -2.39. The molecule has 20 heavy (non-hydrogen) atoms. The minimum Gasteiger partial charge on any atom is -0.456 e. The van der Waals surface area contributed by atoms with Crippen molar-refractivity contribution in [3.63, 3.8) is 0 Å². The van der Waals surface area contributed by atoms with E-state index in [2.05, 4.69) is 0 Å². The fourth-order valence-electron chi connectivity index (χ4n) is 2.01. The van der Waals surface area contributed by atoms with Crippen molar-refractivity contribution < 1.29 is 9.21 Å². The predicted octanol–water partition coefficient (Wildman–Crippen LogP) is 3.84. The maximum atomic E-state index is 12.0. The van der Waals surface area contributed by atoms with Crippen molar-refractivity contribution in [1.29, 1.82) is 0 Å². The normalized spacial score (nSPS) is 10.7. The van der Waals surface area contributed by atoms with Gasteiger partial charge in [-0.1, -0.05) is 24.3 Å². The van der Waals surface area contributed by atoms with Crippen LogP contribution in [0.25, 0.3) is 22.3 Å². The predicted molar refractivity (Wildman–Crippen MR) is 78.1 cm³/mol. The number of carbonyl (C=O) groups is 1. The second kappa shape index (κ2) is 4.94. The molecule has 0 spiro atoms. The molecular formula is C16H9ClO3. The van der Waals surface area contributed by atoms with Crippen LogP contribution in [0.2, 0.25) is 0 Å². The highest BCUT2D eigenvalue weighted by molar-refractivity contribution is 6.67. The molecule has 0 atom stereocenters. The Morgan fingerprint density at radius 1 is 1.00 bits per heavy atom. The van der Waals surface area contributed by atoms with Crippen LogP contribution in [0.3, 0.4) is 0 Å². The lowest BCUT2D eigenvalue weighted by Gasteiger charge is -2.03. The molecule has 0 aliphatic carbocycles. The zero-order valence-electron chi connectivity index (χ0n) is 10.3. The van der Waals surface area contributed by atoms with E-state index in [1.54, 1.807) is 42.5 Å². The zero-order valence-corrected chi connectivity index (χ0v) is 11.1. The molecule has 3 rings (SSSR count). The third-order valence-electron chi connectivity index (χ3n) is 3.03. The van der Waals surface area contributed by atoms with E-state index in [-0.39, 0.29) is 5.43 Å². The molecule has 0 aliphatic rings. The molecule has 0 bridgehead atoms. The monoisotopic (exact) mass is 284 g/mol. The van der Waals surface area contributed by atoms with Gasteiger partial charge in [-0.05, 0) is 35.9 Å². The average molecular weight is 285 g/mol. The molecule has 0 N–H and O–H groups in total. The van der Waals surface area contributed by atoms with Crippen LogP contribution >= 0.6 is 11.6 Å². The Bertz CT molecular complexity index is 847. The Kier molecular flexibility index (Phi) is 3.12. The molecule has 0 saturated carbocycles. The van der Waals surface area contributed by atoms with Crippen molar-refractivity contribution in [3.05, 3.63) is 70.4 Å². The molecule has 0 aliphatic heterocycles. The number of hydrogen-bond donors (Lipinski definition) is 0. The van der Waals surface area contributed by atoms with Gasteiger partial charge < -0.3 is 4.42 Å². The van der Waals surface area contributed by atoms with Gasteiger partial charge in [-0.15, -0.1) is 0 Å². The lowest BCUT2D eigenvalue weighted by atomic mass is 10.1. The summed E-state index contributed by atoms with van der Waals surface area (Å²) in [6.07, 6.45) is 0. The topological polar surface area (TPSA) is 47.3 Å². The number of carbonyl (C=O) groups excluding carboxylic acids is 1. The first-order valence-corrected chi connectivity index (χ1v) is 6.36. The van der Waals surface area contributed by atoms with Crippen LogP contribution in [-0.2, 0) is 0 Å². The van der Waals surface area contributed by atoms with Crippen LogP contribution in [0, 0.1) is 0 Å². The van der Waals surface area contributed by atoms with Gasteiger partial charge in [0, 0.05) is 17.2 Å². The third-order valence-corrected chi connectivity index (χ3v) is 3.25. The van der Waals surface area contributed by atoms with Crippen LogP contribution in [0.4, 0.5) is 0 Å². The second-order valence-electron chi connectivity index (χ2n) is 4.32. The van der Waals surface area contributed by atoms with Crippen LogP contribution in [0.5, 0.6) is 0 Å². The average Bonchev–Trinajstić information content (AvgIpc) is 2.47. The van der Waals surface area contributed by atoms with Gasteiger partial charge >= 0.3 is 0 Å². The molecule has 2 aromatic carbocycles. The SMILES string of the molecule is O=C(Cl)c1ccc(-c2cc(=O)c3ccccc3o2)cc1. The molecule has 0 saturated heterocycles. The van der Waals surface area contributed by atoms with Gasteiger partial charge in [-0.25, -0.2) is 0 Å². The molecule has 3 aromatic rings. The van der Waals surface area contributed by atoms with Crippen LogP contribution < -0.4 is 5.43 Å². The fraction of sp³-hybridized carbons (Fsp3) is 0. The molecule has 1 heterocycles. The quantitative estimate of drug-likeness (QED) is 0.672. The van der Waals surface area contributed by atoms with Crippen LogP contribution in [0.1, 0.15) is 10.4 Å². The summed E-state index contributed by atoms with van der Waals surface area (Å²) in [5.41, 5.74) is 1.56. The Balaban J connectivity index is 2.14. The molecule has 4 heteroatoms. The highest BCUT2D eigenvalue weighted by atomic mass is 35.5. The van der Waals surface area contributed by atoms with E-state index < -0.39 is 5.24 Å². The summed E-state index contributed by atoms with van der Waals surface area (Å²) in [6, 6.07) is 15.1. The van der Waals surface area contributed by atoms with Crippen molar-refractivity contribution in [2.45, 2.75) is 0 Å². The molecule has 0 fully saturated rings. The van der Waals surface area contributed by atoms with Gasteiger partial charge in [0.1, 0.15) is 11.3 Å². The van der Waals surface area contributed by atoms with Gasteiger partial charge in [0.25, 0.3) is 5.24 Å². The van der Waals surface area contributed by atoms with E-state index in [0.717, 1.165) is 5.56 Å². The number of para-hydroxylation sites is 1. The zero-order chi connectivity index (χ0) is 14.1. The van der Waals surface area contributed by atoms with Crippen molar-refractivity contribution in [1.82, 2.24) is 0 Å². The van der Waals surface area contributed by atoms with Crippen LogP contribution in [-0.4, -0.2) is 5.24 Å². The molecule has 3 nitrogen and oxygen atoms in total. The minimum absolute atomic E-state index is 0.0978. The minimum atomic E-state index is -0.517. The van der Waals surface area contributed by atoms with E-state index in [4.69, 9.17) is 16.0 Å². The molecular weight excluding hydrogens is 276 g/mol. The van der Waals surface area contributed by atoms with Crippen molar-refractivity contribution in [3.8, 4) is 11.3 Å². The van der Waals surface area contributed by atoms with Gasteiger partial charge in [-0.2, -0.15) is 0 Å². The fourth-order valence-corrected chi connectivity index (χ4v) is 2.14. The van der Waals surface area contributed by atoms with Crippen LogP contribution in [0.15, 0.2) is 63.8 Å². The Morgan fingerprint density at radius 3 is 2.40 bits per heavy atom. The first-order valence-electron chi connectivity index (χ1n) is 5.98. The summed E-state index contributed by atoms with van der Waals surface area (Å²) in [4.78, 5) is 23.0. The molecule has 0 radical (unpaired) electrons. The van der Waals surface area contributed by atoms with E-state index in [1.807, 2.05) is 6.07 Å². The molecule has 0 amide bonds. The van der Waals surface area contributed by atoms with E-state index in [1.165, 1.54) is 6.07 Å². The van der Waals surface area contributed by atoms with Gasteiger partial charge in [0.15, 0.2) is 5.43 Å². The second-order valence-corrected chi connectivity index (χ2v) is 4.67. The number of halogens is 1. The first kappa shape index (κ1) is 12.6. The van der Waals surface area contributed by atoms with E-state index >= 15 is 0 Å². The Morgan fingerprint density at radius 2 is 1.70 bits per heavy atom. The van der Waals surface area contributed by atoms with E-state index in [0.29, 0.717) is 22.3 Å². The largest absolute Gasteiger partial charge is 0.456 e. The van der Waals surface area contributed by atoms with Gasteiger partial charge in [-0.3, -0.25) is 9.59 Å². The summed E-state index contributed by atoms with van der Waals surface area (Å²) in [5, 5.41) is 0.0281. The third kappa shape index (κ3) is 2.24. The van der Waals surface area contributed by atoms with Crippen molar-refractivity contribution in [2.24, 2.45) is 0 Å². The lowest BCUT2D eigenvalue weighted by Crippen LogP contribution is -2.00. The summed E-state index contributed by atoms with van der Waals surface area (Å²) in [5.74, 6) is 0.460. The maximum absolute atomic E-state index is 12.0. The molecule has 98 valence electrons. The van der Waals surface area contributed by atoms with Gasteiger partial charge in [0.05, 0.1) is 5.39 Å². The highest BCUT2D eigenvalue weighted by Crippen LogP contribution is 2.22. The highest BCUT2D eigenvalue weighted by Gasteiger charge is 2.07. The van der Waals surface area contributed by atoms with Crippen molar-refractivity contribution in [2.75, 3.05) is 0 Å². The maximum Gasteiger partial charge on any atom is 0.252 e. The summed E-state index contributed by atoms with van der Waals surface area (Å²) in [7, 11) is 0. The van der Waals surface area contributed by atoms with E-state index in [9.17, 15) is 9.59 Å². The first-order chi connectivity index (χ1) is 9.65. The van der Waals surface area contributed by atoms with Crippen molar-refractivity contribution >= 4 is 27.8 Å². The smallest absolute Gasteiger partial charge is 0.252 e. The number of rotatable bonds is 2. The lowest BCUT2D eigenvalue weighted by molar-refractivity contribution is 0.108. The Labute approximate surface area is 119 Å². The molecule has 0 unspecified atom stereocenters. The summed E-state index contributed by atoms with van der Waals surface area (Å²) >= 11 is 5.39.